The quantitative estimate of drug-likeness (QED) is 0.804. The Bertz CT molecular complexity index is 703. The number of benzene rings is 1. The number of halogens is 1. The van der Waals surface area contributed by atoms with Gasteiger partial charge in [-0.1, -0.05) is 6.07 Å². The molecular formula is C19H24FN3O2. The van der Waals surface area contributed by atoms with Gasteiger partial charge in [-0.25, -0.2) is 9.37 Å². The molecule has 0 N–H and O–H groups in total. The summed E-state index contributed by atoms with van der Waals surface area (Å²) in [6.45, 7) is 5.57. The molecule has 0 atom stereocenters. The van der Waals surface area contributed by atoms with E-state index in [1.54, 1.807) is 25.4 Å². The molecule has 2 aromatic rings. The molecule has 0 spiro atoms. The predicted octanol–water partition coefficient (Wildman–Crippen LogP) is 2.56. The van der Waals surface area contributed by atoms with E-state index in [1.807, 2.05) is 18.2 Å². The summed E-state index contributed by atoms with van der Waals surface area (Å²) in [5.74, 6) is 0.643. The van der Waals surface area contributed by atoms with Crippen molar-refractivity contribution in [3.8, 4) is 11.6 Å². The Hall–Kier alpha value is -2.18. The normalized spacial score (nSPS) is 16.0. The SMILES string of the molecule is COc1cc(CN2CCN(Cc3ccc(OC)c(F)c3)CC2)ccn1. The molecule has 134 valence electrons. The first-order valence-corrected chi connectivity index (χ1v) is 8.44. The van der Waals surface area contributed by atoms with Gasteiger partial charge in [0.25, 0.3) is 0 Å². The van der Waals surface area contributed by atoms with Gasteiger partial charge in [-0.2, -0.15) is 0 Å². The van der Waals surface area contributed by atoms with Crippen LogP contribution in [0, 0.1) is 5.82 Å². The minimum Gasteiger partial charge on any atom is -0.494 e. The second-order valence-corrected chi connectivity index (χ2v) is 6.23. The maximum Gasteiger partial charge on any atom is 0.213 e. The van der Waals surface area contributed by atoms with Gasteiger partial charge in [-0.15, -0.1) is 0 Å². The summed E-state index contributed by atoms with van der Waals surface area (Å²) in [4.78, 5) is 8.91. The van der Waals surface area contributed by atoms with Crippen LogP contribution < -0.4 is 9.47 Å². The zero-order valence-electron chi connectivity index (χ0n) is 14.7. The molecule has 1 fully saturated rings. The number of rotatable bonds is 6. The molecule has 1 aliphatic rings. The number of hydrogen-bond donors (Lipinski definition) is 0. The van der Waals surface area contributed by atoms with Crippen LogP contribution in [0.5, 0.6) is 11.6 Å². The summed E-state index contributed by atoms with van der Waals surface area (Å²) < 4.78 is 23.9. The first-order chi connectivity index (χ1) is 12.2. The standard InChI is InChI=1S/C19H24FN3O2/c1-24-18-4-3-15(11-17(18)20)13-22-7-9-23(10-8-22)14-16-5-6-21-19(12-16)25-2/h3-6,11-12H,7-10,13-14H2,1-2H3. The fourth-order valence-corrected chi connectivity index (χ4v) is 3.09. The zero-order valence-corrected chi connectivity index (χ0v) is 14.7. The highest BCUT2D eigenvalue weighted by molar-refractivity contribution is 5.29. The van der Waals surface area contributed by atoms with E-state index in [0.717, 1.165) is 44.8 Å². The lowest BCUT2D eigenvalue weighted by Crippen LogP contribution is -2.45. The molecule has 0 saturated carbocycles. The monoisotopic (exact) mass is 345 g/mol. The van der Waals surface area contributed by atoms with Gasteiger partial charge in [0.2, 0.25) is 5.88 Å². The number of piperazine rings is 1. The van der Waals surface area contributed by atoms with Crippen molar-refractivity contribution in [2.45, 2.75) is 13.1 Å². The molecule has 5 nitrogen and oxygen atoms in total. The maximum absolute atomic E-state index is 13.8. The molecule has 1 aromatic heterocycles. The zero-order chi connectivity index (χ0) is 17.6. The molecule has 0 radical (unpaired) electrons. The lowest BCUT2D eigenvalue weighted by Gasteiger charge is -2.34. The molecule has 1 saturated heterocycles. The van der Waals surface area contributed by atoms with Gasteiger partial charge in [-0.05, 0) is 29.3 Å². The first kappa shape index (κ1) is 17.6. The highest BCUT2D eigenvalue weighted by atomic mass is 19.1. The Kier molecular flexibility index (Phi) is 5.83. The fourth-order valence-electron chi connectivity index (χ4n) is 3.09. The predicted molar refractivity (Wildman–Crippen MR) is 94.3 cm³/mol. The smallest absolute Gasteiger partial charge is 0.213 e. The number of ether oxygens (including phenoxy) is 2. The minimum atomic E-state index is -0.301. The van der Waals surface area contributed by atoms with E-state index in [-0.39, 0.29) is 5.82 Å². The topological polar surface area (TPSA) is 37.8 Å². The minimum absolute atomic E-state index is 0.293. The molecule has 0 bridgehead atoms. The average molecular weight is 345 g/mol. The summed E-state index contributed by atoms with van der Waals surface area (Å²) in [5, 5.41) is 0. The molecule has 1 aliphatic heterocycles. The van der Waals surface area contributed by atoms with E-state index in [2.05, 4.69) is 14.8 Å². The third-order valence-electron chi connectivity index (χ3n) is 4.50. The number of hydrogen-bond acceptors (Lipinski definition) is 5. The van der Waals surface area contributed by atoms with Crippen molar-refractivity contribution < 1.29 is 13.9 Å². The summed E-state index contributed by atoms with van der Waals surface area (Å²) in [7, 11) is 3.11. The largest absolute Gasteiger partial charge is 0.494 e. The average Bonchev–Trinajstić information content (AvgIpc) is 2.64. The van der Waals surface area contributed by atoms with Crippen LogP contribution in [0.3, 0.4) is 0 Å². The maximum atomic E-state index is 13.8. The molecule has 0 unspecified atom stereocenters. The van der Waals surface area contributed by atoms with Crippen molar-refractivity contribution in [2.24, 2.45) is 0 Å². The highest BCUT2D eigenvalue weighted by Crippen LogP contribution is 2.19. The van der Waals surface area contributed by atoms with E-state index in [1.165, 1.54) is 12.7 Å². The van der Waals surface area contributed by atoms with Gasteiger partial charge in [0.1, 0.15) is 0 Å². The summed E-state index contributed by atoms with van der Waals surface area (Å²) in [6, 6.07) is 9.19. The van der Waals surface area contributed by atoms with Crippen molar-refractivity contribution in [2.75, 3.05) is 40.4 Å². The first-order valence-electron chi connectivity index (χ1n) is 8.44. The van der Waals surface area contributed by atoms with Gasteiger partial charge in [-0.3, -0.25) is 9.80 Å². The molecule has 3 rings (SSSR count). The lowest BCUT2D eigenvalue weighted by molar-refractivity contribution is 0.122. The van der Waals surface area contributed by atoms with Gasteiger partial charge in [0, 0.05) is 51.5 Å². The van der Waals surface area contributed by atoms with E-state index < -0.39 is 0 Å². The second kappa shape index (κ2) is 8.27. The van der Waals surface area contributed by atoms with E-state index in [4.69, 9.17) is 9.47 Å². The van der Waals surface area contributed by atoms with Crippen molar-refractivity contribution >= 4 is 0 Å². The Morgan fingerprint density at radius 3 is 2.12 bits per heavy atom. The number of aromatic nitrogens is 1. The van der Waals surface area contributed by atoms with Crippen LogP contribution in [0.15, 0.2) is 36.5 Å². The Balaban J connectivity index is 1.50. The van der Waals surface area contributed by atoms with Crippen LogP contribution >= 0.6 is 0 Å². The van der Waals surface area contributed by atoms with Gasteiger partial charge < -0.3 is 9.47 Å². The molecular weight excluding hydrogens is 321 g/mol. The Labute approximate surface area is 148 Å². The van der Waals surface area contributed by atoms with Gasteiger partial charge in [0.15, 0.2) is 11.6 Å². The van der Waals surface area contributed by atoms with Crippen LogP contribution in [0.4, 0.5) is 4.39 Å². The Morgan fingerprint density at radius 1 is 0.920 bits per heavy atom. The van der Waals surface area contributed by atoms with E-state index in [0.29, 0.717) is 11.6 Å². The van der Waals surface area contributed by atoms with E-state index in [9.17, 15) is 4.39 Å². The molecule has 2 heterocycles. The van der Waals surface area contributed by atoms with Crippen molar-refractivity contribution in [3.63, 3.8) is 0 Å². The summed E-state index contributed by atoms with van der Waals surface area (Å²) >= 11 is 0. The van der Waals surface area contributed by atoms with Gasteiger partial charge in [0.05, 0.1) is 14.2 Å². The van der Waals surface area contributed by atoms with Crippen LogP contribution in [-0.2, 0) is 13.1 Å². The van der Waals surface area contributed by atoms with Crippen molar-refractivity contribution in [1.82, 2.24) is 14.8 Å². The van der Waals surface area contributed by atoms with Crippen molar-refractivity contribution in [3.05, 3.63) is 53.5 Å². The van der Waals surface area contributed by atoms with Crippen molar-refractivity contribution in [1.29, 1.82) is 0 Å². The van der Waals surface area contributed by atoms with Crippen LogP contribution in [0.2, 0.25) is 0 Å². The molecule has 0 aliphatic carbocycles. The molecule has 1 aromatic carbocycles. The third kappa shape index (κ3) is 4.67. The molecule has 25 heavy (non-hydrogen) atoms. The number of nitrogens with zero attached hydrogens (tertiary/aromatic N) is 3. The fraction of sp³-hybridized carbons (Fsp3) is 0.421. The summed E-state index contributed by atoms with van der Waals surface area (Å²) in [6.07, 6.45) is 1.78. The summed E-state index contributed by atoms with van der Waals surface area (Å²) in [5.41, 5.74) is 2.18. The third-order valence-corrected chi connectivity index (χ3v) is 4.50. The van der Waals surface area contributed by atoms with Crippen LogP contribution in [0.25, 0.3) is 0 Å². The van der Waals surface area contributed by atoms with Crippen LogP contribution in [-0.4, -0.2) is 55.2 Å². The Morgan fingerprint density at radius 2 is 1.56 bits per heavy atom. The molecule has 6 heteroatoms. The number of methoxy groups -OCH3 is 2. The van der Waals surface area contributed by atoms with E-state index >= 15 is 0 Å². The number of pyridine rings is 1. The van der Waals surface area contributed by atoms with Crippen LogP contribution in [0.1, 0.15) is 11.1 Å². The lowest BCUT2D eigenvalue weighted by atomic mass is 10.1. The highest BCUT2D eigenvalue weighted by Gasteiger charge is 2.18. The van der Waals surface area contributed by atoms with Gasteiger partial charge >= 0.3 is 0 Å². The molecule has 0 amide bonds. The second-order valence-electron chi connectivity index (χ2n) is 6.23.